The number of carboxylic acids is 1. The summed E-state index contributed by atoms with van der Waals surface area (Å²) in [5, 5.41) is 17.6. The smallest absolute Gasteiger partial charge is 0.303 e. The molecule has 0 aromatic carbocycles. The summed E-state index contributed by atoms with van der Waals surface area (Å²) in [5.41, 5.74) is 0. The van der Waals surface area contributed by atoms with Crippen molar-refractivity contribution in [2.75, 3.05) is 0 Å². The minimum absolute atomic E-state index is 0.144. The number of hydrogen-bond acceptors (Lipinski definition) is 2. The molecular formula is C18H34O3. The summed E-state index contributed by atoms with van der Waals surface area (Å²) in [7, 11) is 0. The van der Waals surface area contributed by atoms with E-state index in [2.05, 4.69) is 12.2 Å². The summed E-state index contributed by atoms with van der Waals surface area (Å²) in [4.78, 5) is 10.3. The first-order valence-electron chi connectivity index (χ1n) is 8.67. The quantitative estimate of drug-likeness (QED) is 0.327. The van der Waals surface area contributed by atoms with Gasteiger partial charge in [-0.3, -0.25) is 4.79 Å². The van der Waals surface area contributed by atoms with Gasteiger partial charge in [0.15, 0.2) is 0 Å². The van der Waals surface area contributed by atoms with Crippen molar-refractivity contribution < 1.29 is 15.0 Å². The number of carboxylic acid groups (broad SMARTS) is 1. The SMILES string of the molecule is C[C@H](O)CCCCCC/C=C\CCCCCCCC(=O)O. The van der Waals surface area contributed by atoms with E-state index in [9.17, 15) is 4.79 Å². The molecule has 0 unspecified atom stereocenters. The first kappa shape index (κ1) is 20.2. The van der Waals surface area contributed by atoms with Gasteiger partial charge in [0.2, 0.25) is 0 Å². The van der Waals surface area contributed by atoms with E-state index in [4.69, 9.17) is 10.2 Å². The number of carbonyl (C=O) groups is 1. The Hall–Kier alpha value is -0.830. The number of unbranched alkanes of at least 4 members (excludes halogenated alkanes) is 9. The molecule has 0 aliphatic carbocycles. The molecular weight excluding hydrogens is 264 g/mol. The third kappa shape index (κ3) is 19.2. The molecule has 0 amide bonds. The highest BCUT2D eigenvalue weighted by molar-refractivity contribution is 5.66. The van der Waals surface area contributed by atoms with Crippen LogP contribution in [0.15, 0.2) is 12.2 Å². The van der Waals surface area contributed by atoms with Crippen LogP contribution in [0, 0.1) is 0 Å². The average molecular weight is 298 g/mol. The molecule has 0 rings (SSSR count). The first-order chi connectivity index (χ1) is 10.1. The Balaban J connectivity index is 3.10. The van der Waals surface area contributed by atoms with E-state index >= 15 is 0 Å². The van der Waals surface area contributed by atoms with Crippen LogP contribution in [0.5, 0.6) is 0 Å². The zero-order valence-corrected chi connectivity index (χ0v) is 13.7. The van der Waals surface area contributed by atoms with Crippen molar-refractivity contribution >= 4 is 5.97 Å². The summed E-state index contributed by atoms with van der Waals surface area (Å²) in [6.45, 7) is 1.86. The maximum atomic E-state index is 10.3. The fourth-order valence-electron chi connectivity index (χ4n) is 2.36. The van der Waals surface area contributed by atoms with Gasteiger partial charge in [-0.15, -0.1) is 0 Å². The molecule has 1 atom stereocenters. The van der Waals surface area contributed by atoms with Crippen LogP contribution >= 0.6 is 0 Å². The van der Waals surface area contributed by atoms with Crippen molar-refractivity contribution in [1.82, 2.24) is 0 Å². The third-order valence-corrected chi connectivity index (χ3v) is 3.67. The molecule has 21 heavy (non-hydrogen) atoms. The van der Waals surface area contributed by atoms with Gasteiger partial charge in [-0.05, 0) is 45.4 Å². The molecule has 124 valence electrons. The largest absolute Gasteiger partial charge is 0.481 e. The fraction of sp³-hybridized carbons (Fsp3) is 0.833. The van der Waals surface area contributed by atoms with E-state index in [1.165, 1.54) is 38.5 Å². The van der Waals surface area contributed by atoms with E-state index in [1.807, 2.05) is 6.92 Å². The van der Waals surface area contributed by atoms with Gasteiger partial charge in [-0.25, -0.2) is 0 Å². The molecule has 0 radical (unpaired) electrons. The van der Waals surface area contributed by atoms with Gasteiger partial charge in [0.25, 0.3) is 0 Å². The van der Waals surface area contributed by atoms with Crippen molar-refractivity contribution in [2.24, 2.45) is 0 Å². The molecule has 0 saturated carbocycles. The lowest BCUT2D eigenvalue weighted by Crippen LogP contribution is -1.98. The van der Waals surface area contributed by atoms with E-state index in [0.29, 0.717) is 6.42 Å². The maximum Gasteiger partial charge on any atom is 0.303 e. The van der Waals surface area contributed by atoms with Crippen LogP contribution in [0.25, 0.3) is 0 Å². The summed E-state index contributed by atoms with van der Waals surface area (Å²) < 4.78 is 0. The first-order valence-corrected chi connectivity index (χ1v) is 8.67. The molecule has 0 aliphatic heterocycles. The number of hydrogen-bond donors (Lipinski definition) is 2. The lowest BCUT2D eigenvalue weighted by atomic mass is 10.1. The van der Waals surface area contributed by atoms with Gasteiger partial charge in [-0.2, -0.15) is 0 Å². The van der Waals surface area contributed by atoms with Crippen molar-refractivity contribution in [2.45, 2.75) is 96.5 Å². The van der Waals surface area contributed by atoms with Crippen molar-refractivity contribution in [3.63, 3.8) is 0 Å². The van der Waals surface area contributed by atoms with Crippen molar-refractivity contribution in [3.8, 4) is 0 Å². The van der Waals surface area contributed by atoms with Gasteiger partial charge in [0, 0.05) is 6.42 Å². The van der Waals surface area contributed by atoms with E-state index in [1.54, 1.807) is 0 Å². The van der Waals surface area contributed by atoms with Crippen LogP contribution in [0.4, 0.5) is 0 Å². The van der Waals surface area contributed by atoms with Gasteiger partial charge in [-0.1, -0.05) is 50.7 Å². The van der Waals surface area contributed by atoms with Crippen LogP contribution in [0.1, 0.15) is 90.4 Å². The topological polar surface area (TPSA) is 57.5 Å². The predicted molar refractivity (Wildman–Crippen MR) is 88.5 cm³/mol. The highest BCUT2D eigenvalue weighted by Crippen LogP contribution is 2.10. The normalized spacial score (nSPS) is 12.9. The number of allylic oxidation sites excluding steroid dienone is 2. The molecule has 0 bridgehead atoms. The van der Waals surface area contributed by atoms with Crippen molar-refractivity contribution in [1.29, 1.82) is 0 Å². The lowest BCUT2D eigenvalue weighted by Gasteiger charge is -2.02. The molecule has 0 fully saturated rings. The van der Waals surface area contributed by atoms with Crippen LogP contribution < -0.4 is 0 Å². The Morgan fingerprint density at radius 3 is 1.86 bits per heavy atom. The molecule has 3 heteroatoms. The molecule has 0 spiro atoms. The van der Waals surface area contributed by atoms with Gasteiger partial charge in [0.1, 0.15) is 0 Å². The monoisotopic (exact) mass is 298 g/mol. The summed E-state index contributed by atoms with van der Waals surface area (Å²) in [6, 6.07) is 0. The van der Waals surface area contributed by atoms with Crippen LogP contribution in [0.2, 0.25) is 0 Å². The van der Waals surface area contributed by atoms with Gasteiger partial charge >= 0.3 is 5.97 Å². The Morgan fingerprint density at radius 2 is 1.33 bits per heavy atom. The second-order valence-electron chi connectivity index (χ2n) is 6.01. The molecule has 0 saturated heterocycles. The van der Waals surface area contributed by atoms with Crippen LogP contribution in [-0.2, 0) is 4.79 Å². The second kappa shape index (κ2) is 15.6. The number of aliphatic carboxylic acids is 1. The minimum atomic E-state index is -0.677. The fourth-order valence-corrected chi connectivity index (χ4v) is 2.36. The highest BCUT2D eigenvalue weighted by Gasteiger charge is 1.96. The van der Waals surface area contributed by atoms with E-state index in [0.717, 1.165) is 38.5 Å². The predicted octanol–water partition coefficient (Wildman–Crippen LogP) is 5.08. The van der Waals surface area contributed by atoms with Crippen molar-refractivity contribution in [3.05, 3.63) is 12.2 Å². The number of aliphatic hydroxyl groups excluding tert-OH is 1. The van der Waals surface area contributed by atoms with Crippen LogP contribution in [-0.4, -0.2) is 22.3 Å². The summed E-state index contributed by atoms with van der Waals surface area (Å²) in [6.07, 6.45) is 18.4. The molecule has 0 heterocycles. The Kier molecular flexibility index (Phi) is 14.9. The Labute approximate surface area is 130 Å². The maximum absolute atomic E-state index is 10.3. The van der Waals surface area contributed by atoms with E-state index in [-0.39, 0.29) is 6.10 Å². The highest BCUT2D eigenvalue weighted by atomic mass is 16.4. The molecule has 0 aliphatic rings. The zero-order valence-electron chi connectivity index (χ0n) is 13.7. The minimum Gasteiger partial charge on any atom is -0.481 e. The summed E-state index contributed by atoms with van der Waals surface area (Å²) in [5.74, 6) is -0.677. The lowest BCUT2D eigenvalue weighted by molar-refractivity contribution is -0.137. The van der Waals surface area contributed by atoms with Gasteiger partial charge < -0.3 is 10.2 Å². The third-order valence-electron chi connectivity index (χ3n) is 3.67. The average Bonchev–Trinajstić information content (AvgIpc) is 2.42. The molecule has 3 nitrogen and oxygen atoms in total. The van der Waals surface area contributed by atoms with Crippen LogP contribution in [0.3, 0.4) is 0 Å². The Bertz CT molecular complexity index is 259. The molecule has 0 aromatic rings. The molecule has 2 N–H and O–H groups in total. The second-order valence-corrected chi connectivity index (χ2v) is 6.01. The molecule has 0 aromatic heterocycles. The standard InChI is InChI=1S/C18H34O3/c1-17(19)15-13-11-9-7-5-3-2-4-6-8-10-12-14-16-18(20)21/h2-3,17,19H,4-16H2,1H3,(H,20,21)/b3-2-/t17-/m0/s1. The van der Waals surface area contributed by atoms with Gasteiger partial charge in [0.05, 0.1) is 6.10 Å². The zero-order chi connectivity index (χ0) is 15.8. The Morgan fingerprint density at radius 1 is 0.857 bits per heavy atom. The number of aliphatic hydroxyl groups is 1. The number of rotatable bonds is 15. The summed E-state index contributed by atoms with van der Waals surface area (Å²) >= 11 is 0. The van der Waals surface area contributed by atoms with E-state index < -0.39 is 5.97 Å².